The molecule has 4 rings (SSSR count). The standard InChI is InChI=1S/C24H32N2O6/c1-4-31-23(30)18-17-10-11-24(32-17)19(18)22(29)26(20(24)21(28)25-14(2)3)16(13-27)12-15-8-6-5-7-9-15/h5-9,14,16-20,27H,4,10-13H2,1-3H3,(H,25,28)/t16-,17+,18-,19+,20?,24?/m1/s1. The molecule has 1 spiro atoms. The summed E-state index contributed by atoms with van der Waals surface area (Å²) in [5, 5.41) is 13.2. The summed E-state index contributed by atoms with van der Waals surface area (Å²) in [7, 11) is 0. The van der Waals surface area contributed by atoms with Crippen molar-refractivity contribution < 1.29 is 29.0 Å². The summed E-state index contributed by atoms with van der Waals surface area (Å²) in [4.78, 5) is 41.5. The fourth-order valence-electron chi connectivity index (χ4n) is 5.79. The van der Waals surface area contributed by atoms with E-state index in [4.69, 9.17) is 9.47 Å². The molecule has 3 fully saturated rings. The monoisotopic (exact) mass is 444 g/mol. The Hall–Kier alpha value is -2.45. The van der Waals surface area contributed by atoms with E-state index in [0.717, 1.165) is 5.56 Å². The summed E-state index contributed by atoms with van der Waals surface area (Å²) in [6, 6.07) is 7.89. The molecule has 3 aliphatic rings. The third-order valence-electron chi connectivity index (χ3n) is 6.89. The Labute approximate surface area is 188 Å². The molecule has 1 aromatic carbocycles. The normalized spacial score (nSPS) is 31.7. The van der Waals surface area contributed by atoms with Crippen LogP contribution in [0.5, 0.6) is 0 Å². The summed E-state index contributed by atoms with van der Waals surface area (Å²) < 4.78 is 11.6. The lowest BCUT2D eigenvalue weighted by Crippen LogP contribution is -2.59. The molecule has 6 atom stereocenters. The number of hydrogen-bond donors (Lipinski definition) is 2. The molecule has 2 amide bonds. The third kappa shape index (κ3) is 3.59. The molecule has 2 unspecified atom stereocenters. The van der Waals surface area contributed by atoms with Crippen molar-refractivity contribution in [2.24, 2.45) is 11.8 Å². The number of ether oxygens (including phenoxy) is 2. The van der Waals surface area contributed by atoms with E-state index in [1.165, 1.54) is 4.90 Å². The molecule has 3 aliphatic heterocycles. The zero-order chi connectivity index (χ0) is 23.0. The van der Waals surface area contributed by atoms with Crippen LogP contribution < -0.4 is 5.32 Å². The first-order chi connectivity index (χ1) is 15.3. The van der Waals surface area contributed by atoms with Crippen molar-refractivity contribution in [2.45, 2.75) is 69.9 Å². The van der Waals surface area contributed by atoms with Crippen LogP contribution in [-0.4, -0.2) is 70.8 Å². The van der Waals surface area contributed by atoms with Crippen molar-refractivity contribution in [1.29, 1.82) is 0 Å². The maximum Gasteiger partial charge on any atom is 0.312 e. The number of aliphatic hydroxyl groups is 1. The number of carbonyl (C=O) groups excluding carboxylic acids is 3. The molecule has 0 aliphatic carbocycles. The first kappa shape index (κ1) is 22.7. The second kappa shape index (κ2) is 8.83. The van der Waals surface area contributed by atoms with E-state index >= 15 is 0 Å². The highest BCUT2D eigenvalue weighted by atomic mass is 16.6. The number of hydrogen-bond acceptors (Lipinski definition) is 6. The minimum atomic E-state index is -1.08. The van der Waals surface area contributed by atoms with Gasteiger partial charge in [-0.25, -0.2) is 0 Å². The van der Waals surface area contributed by atoms with Crippen molar-refractivity contribution in [1.82, 2.24) is 10.2 Å². The summed E-state index contributed by atoms with van der Waals surface area (Å²) in [5.41, 5.74) is -0.133. The number of rotatable bonds is 8. The van der Waals surface area contributed by atoms with Gasteiger partial charge in [0.25, 0.3) is 0 Å². The molecule has 8 heteroatoms. The number of carbonyl (C=O) groups is 3. The number of aliphatic hydroxyl groups excluding tert-OH is 1. The topological polar surface area (TPSA) is 105 Å². The van der Waals surface area contributed by atoms with Crippen LogP contribution in [0.25, 0.3) is 0 Å². The van der Waals surface area contributed by atoms with Crippen LogP contribution in [0.3, 0.4) is 0 Å². The van der Waals surface area contributed by atoms with Gasteiger partial charge in [-0.2, -0.15) is 0 Å². The van der Waals surface area contributed by atoms with Gasteiger partial charge in [-0.3, -0.25) is 14.4 Å². The molecule has 0 saturated carbocycles. The Morgan fingerprint density at radius 1 is 1.31 bits per heavy atom. The predicted octanol–water partition coefficient (Wildman–Crippen LogP) is 1.05. The Bertz CT molecular complexity index is 875. The number of fused-ring (bicyclic) bond motifs is 1. The summed E-state index contributed by atoms with van der Waals surface area (Å²) in [6.45, 7) is 5.35. The number of nitrogens with one attached hydrogen (secondary N) is 1. The van der Waals surface area contributed by atoms with Gasteiger partial charge in [0.05, 0.1) is 37.2 Å². The van der Waals surface area contributed by atoms with Crippen LogP contribution in [-0.2, 0) is 30.3 Å². The van der Waals surface area contributed by atoms with E-state index in [1.54, 1.807) is 6.92 Å². The lowest BCUT2D eigenvalue weighted by molar-refractivity contribution is -0.155. The smallest absolute Gasteiger partial charge is 0.312 e. The molecule has 0 radical (unpaired) electrons. The molecule has 0 aromatic heterocycles. The van der Waals surface area contributed by atoms with Crippen LogP contribution in [0.4, 0.5) is 0 Å². The van der Waals surface area contributed by atoms with Crippen LogP contribution in [0.2, 0.25) is 0 Å². The van der Waals surface area contributed by atoms with Gasteiger partial charge < -0.3 is 24.8 Å². The quantitative estimate of drug-likeness (QED) is 0.581. The fourth-order valence-corrected chi connectivity index (χ4v) is 5.79. The first-order valence-electron chi connectivity index (χ1n) is 11.5. The molecule has 3 heterocycles. The molecule has 3 saturated heterocycles. The highest BCUT2D eigenvalue weighted by molar-refractivity contribution is 5.98. The van der Waals surface area contributed by atoms with Gasteiger partial charge in [-0.1, -0.05) is 30.3 Å². The largest absolute Gasteiger partial charge is 0.466 e. The maximum absolute atomic E-state index is 13.8. The van der Waals surface area contributed by atoms with Crippen molar-refractivity contribution >= 4 is 17.8 Å². The van der Waals surface area contributed by atoms with E-state index in [9.17, 15) is 19.5 Å². The SMILES string of the molecule is CCOC(=O)[C@@H]1[C@@H]2CCC3(O2)C(C(=O)NC(C)C)N([C@@H](CO)Cc2ccccc2)C(=O)[C@H]13. The molecule has 2 N–H and O–H groups in total. The average molecular weight is 445 g/mol. The van der Waals surface area contributed by atoms with Gasteiger partial charge in [-0.05, 0) is 45.6 Å². The second-order valence-electron chi connectivity index (χ2n) is 9.24. The van der Waals surface area contributed by atoms with Gasteiger partial charge in [0.1, 0.15) is 11.6 Å². The third-order valence-corrected chi connectivity index (χ3v) is 6.89. The van der Waals surface area contributed by atoms with Crippen molar-refractivity contribution in [2.75, 3.05) is 13.2 Å². The van der Waals surface area contributed by atoms with Crippen molar-refractivity contribution in [3.05, 3.63) is 35.9 Å². The molecular weight excluding hydrogens is 412 g/mol. The summed E-state index contributed by atoms with van der Waals surface area (Å²) in [6.07, 6.45) is 1.07. The Morgan fingerprint density at radius 3 is 2.66 bits per heavy atom. The number of likely N-dealkylation sites (tertiary alicyclic amines) is 1. The number of benzene rings is 1. The average Bonchev–Trinajstić information content (AvgIpc) is 3.40. The lowest BCUT2D eigenvalue weighted by Gasteiger charge is -2.37. The highest BCUT2D eigenvalue weighted by Crippen LogP contribution is 2.59. The maximum atomic E-state index is 13.8. The Kier molecular flexibility index (Phi) is 6.27. The van der Waals surface area contributed by atoms with Gasteiger partial charge in [-0.15, -0.1) is 0 Å². The predicted molar refractivity (Wildman–Crippen MR) is 115 cm³/mol. The molecule has 8 nitrogen and oxygen atoms in total. The van der Waals surface area contributed by atoms with Gasteiger partial charge in [0.2, 0.25) is 11.8 Å². The van der Waals surface area contributed by atoms with Crippen LogP contribution in [0, 0.1) is 11.8 Å². The lowest BCUT2D eigenvalue weighted by atomic mass is 9.70. The van der Waals surface area contributed by atoms with E-state index in [2.05, 4.69) is 5.32 Å². The van der Waals surface area contributed by atoms with E-state index in [-0.39, 0.29) is 31.1 Å². The number of amides is 2. The summed E-state index contributed by atoms with van der Waals surface area (Å²) in [5.74, 6) is -2.60. The van der Waals surface area contributed by atoms with Crippen LogP contribution in [0.15, 0.2) is 30.3 Å². The Balaban J connectivity index is 1.74. The van der Waals surface area contributed by atoms with Gasteiger partial charge in [0, 0.05) is 6.04 Å². The summed E-state index contributed by atoms with van der Waals surface area (Å²) >= 11 is 0. The zero-order valence-electron chi connectivity index (χ0n) is 18.8. The van der Waals surface area contributed by atoms with Gasteiger partial charge >= 0.3 is 5.97 Å². The molecular formula is C24H32N2O6. The molecule has 174 valence electrons. The Morgan fingerprint density at radius 2 is 2.03 bits per heavy atom. The molecule has 2 bridgehead atoms. The molecule has 1 aromatic rings. The molecule has 32 heavy (non-hydrogen) atoms. The van der Waals surface area contributed by atoms with Crippen LogP contribution in [0.1, 0.15) is 39.2 Å². The van der Waals surface area contributed by atoms with E-state index in [1.807, 2.05) is 44.2 Å². The zero-order valence-corrected chi connectivity index (χ0v) is 18.8. The highest BCUT2D eigenvalue weighted by Gasteiger charge is 2.75. The van der Waals surface area contributed by atoms with E-state index in [0.29, 0.717) is 19.3 Å². The minimum absolute atomic E-state index is 0.129. The number of nitrogens with zero attached hydrogens (tertiary/aromatic N) is 1. The van der Waals surface area contributed by atoms with E-state index < -0.39 is 41.6 Å². The fraction of sp³-hybridized carbons (Fsp3) is 0.625. The van der Waals surface area contributed by atoms with Gasteiger partial charge in [0.15, 0.2) is 0 Å². The first-order valence-corrected chi connectivity index (χ1v) is 11.5. The second-order valence-corrected chi connectivity index (χ2v) is 9.24. The van der Waals surface area contributed by atoms with Crippen molar-refractivity contribution in [3.8, 4) is 0 Å². The number of esters is 1. The minimum Gasteiger partial charge on any atom is -0.466 e. The van der Waals surface area contributed by atoms with Crippen LogP contribution >= 0.6 is 0 Å². The van der Waals surface area contributed by atoms with Crippen molar-refractivity contribution in [3.63, 3.8) is 0 Å².